The van der Waals surface area contributed by atoms with Gasteiger partial charge in [-0.15, -0.1) is 25.6 Å². The van der Waals surface area contributed by atoms with E-state index in [2.05, 4.69) is 9.73 Å². The number of ether oxygens (including phenoxy) is 1. The second-order valence-corrected chi connectivity index (χ2v) is 4.29. The monoisotopic (exact) mass is 339 g/mol. The number of nitrogens with one attached hydrogen (secondary N) is 1. The van der Waals surface area contributed by atoms with E-state index < -0.39 is 6.36 Å². The van der Waals surface area contributed by atoms with Crippen LogP contribution in [0.4, 0.5) is 18.9 Å². The van der Waals surface area contributed by atoms with Crippen molar-refractivity contribution in [1.29, 1.82) is 5.41 Å². The summed E-state index contributed by atoms with van der Waals surface area (Å²) in [6.45, 7) is 0. The number of aliphatic imine (C=N–C) groups is 1. The Morgan fingerprint density at radius 2 is 1.68 bits per heavy atom. The Morgan fingerprint density at radius 3 is 2.09 bits per heavy atom. The molecule has 0 fully saturated rings. The molecule has 0 spiro atoms. The molecule has 0 radical (unpaired) electrons. The number of benzene rings is 1. The van der Waals surface area contributed by atoms with Crippen LogP contribution in [0.15, 0.2) is 29.3 Å². The lowest BCUT2D eigenvalue weighted by atomic mass is 10.3. The average molecular weight is 340 g/mol. The number of hydrogen-bond donors (Lipinski definition) is 2. The highest BCUT2D eigenvalue weighted by Crippen LogP contribution is 2.24. The number of nitrogens with two attached hydrogens (primary N) is 1. The lowest BCUT2D eigenvalue weighted by Gasteiger charge is -2.19. The van der Waals surface area contributed by atoms with E-state index in [-0.39, 0.29) is 30.1 Å². The minimum atomic E-state index is -4.73. The molecule has 3 N–H and O–H groups in total. The first-order valence-corrected chi connectivity index (χ1v) is 5.79. The average Bonchev–Trinajstić information content (AvgIpc) is 2.36. The normalized spacial score (nSPS) is 11.5. The van der Waals surface area contributed by atoms with Crippen LogP contribution < -0.4 is 15.4 Å². The molecule has 124 valence electrons. The fraction of sp³-hybridized carbons (Fsp3) is 0.333. The lowest BCUT2D eigenvalue weighted by molar-refractivity contribution is -0.274. The SMILES string of the molecule is CN(C)C(=N)N=C(N)N(C)c1ccc(OC(F)(F)F)cc1.Cl. The highest BCUT2D eigenvalue weighted by molar-refractivity contribution is 6.01. The van der Waals surface area contributed by atoms with E-state index in [1.54, 1.807) is 21.1 Å². The molecular formula is C12H17ClF3N5O. The van der Waals surface area contributed by atoms with Crippen molar-refractivity contribution in [3.05, 3.63) is 24.3 Å². The van der Waals surface area contributed by atoms with E-state index >= 15 is 0 Å². The maximum absolute atomic E-state index is 12.0. The number of alkyl halides is 3. The van der Waals surface area contributed by atoms with Gasteiger partial charge in [0, 0.05) is 26.8 Å². The first kappa shape index (κ1) is 19.8. The topological polar surface area (TPSA) is 77.9 Å². The first-order chi connectivity index (χ1) is 9.60. The maximum Gasteiger partial charge on any atom is 0.573 e. The van der Waals surface area contributed by atoms with Crippen molar-refractivity contribution in [2.75, 3.05) is 26.0 Å². The Labute approximate surface area is 132 Å². The molecule has 6 nitrogen and oxygen atoms in total. The van der Waals surface area contributed by atoms with Gasteiger partial charge in [0.1, 0.15) is 5.75 Å². The molecular weight excluding hydrogens is 323 g/mol. The van der Waals surface area contributed by atoms with Crippen LogP contribution in [0.5, 0.6) is 5.75 Å². The fourth-order valence-electron chi connectivity index (χ4n) is 1.29. The zero-order chi connectivity index (χ0) is 16.2. The number of halogens is 4. The van der Waals surface area contributed by atoms with Crippen molar-refractivity contribution in [3.63, 3.8) is 0 Å². The highest BCUT2D eigenvalue weighted by atomic mass is 35.5. The van der Waals surface area contributed by atoms with E-state index in [4.69, 9.17) is 11.1 Å². The van der Waals surface area contributed by atoms with Gasteiger partial charge in [0.15, 0.2) is 0 Å². The number of nitrogens with zero attached hydrogens (tertiary/aromatic N) is 3. The maximum atomic E-state index is 12.0. The van der Waals surface area contributed by atoms with Crippen LogP contribution in [0.2, 0.25) is 0 Å². The van der Waals surface area contributed by atoms with E-state index in [1.165, 1.54) is 34.1 Å². The third-order valence-electron chi connectivity index (χ3n) is 2.45. The van der Waals surface area contributed by atoms with Gasteiger partial charge in [0.2, 0.25) is 11.9 Å². The zero-order valence-electron chi connectivity index (χ0n) is 12.2. The standard InChI is InChI=1S/C12H16F3N5O.ClH/c1-19(2)10(16)18-11(17)20(3)8-4-6-9(7-5-8)21-12(13,14)15;/h4-7H,1-3H3,(H3,16,17,18);1H. The summed E-state index contributed by atoms with van der Waals surface area (Å²) in [5, 5.41) is 7.55. The molecule has 1 aromatic rings. The summed E-state index contributed by atoms with van der Waals surface area (Å²) in [4.78, 5) is 6.75. The zero-order valence-corrected chi connectivity index (χ0v) is 13.0. The number of rotatable bonds is 2. The predicted octanol–water partition coefficient (Wildman–Crippen LogP) is 2.25. The molecule has 0 aromatic heterocycles. The lowest BCUT2D eigenvalue weighted by Crippen LogP contribution is -2.36. The van der Waals surface area contributed by atoms with Crippen molar-refractivity contribution < 1.29 is 17.9 Å². The van der Waals surface area contributed by atoms with Crippen LogP contribution in [-0.4, -0.2) is 44.3 Å². The van der Waals surface area contributed by atoms with Crippen LogP contribution in [0.25, 0.3) is 0 Å². The van der Waals surface area contributed by atoms with Gasteiger partial charge >= 0.3 is 6.36 Å². The van der Waals surface area contributed by atoms with Crippen LogP contribution >= 0.6 is 12.4 Å². The van der Waals surface area contributed by atoms with Crippen molar-refractivity contribution in [2.24, 2.45) is 10.7 Å². The molecule has 10 heteroatoms. The van der Waals surface area contributed by atoms with Gasteiger partial charge in [0.25, 0.3) is 0 Å². The minimum absolute atomic E-state index is 0. The van der Waals surface area contributed by atoms with Crippen LogP contribution in [0, 0.1) is 5.41 Å². The van der Waals surface area contributed by atoms with Gasteiger partial charge in [-0.1, -0.05) is 0 Å². The molecule has 22 heavy (non-hydrogen) atoms. The largest absolute Gasteiger partial charge is 0.573 e. The summed E-state index contributed by atoms with van der Waals surface area (Å²) >= 11 is 0. The fourth-order valence-corrected chi connectivity index (χ4v) is 1.29. The van der Waals surface area contributed by atoms with Crippen molar-refractivity contribution >= 4 is 30.0 Å². The van der Waals surface area contributed by atoms with Gasteiger partial charge in [0.05, 0.1) is 0 Å². The molecule has 0 heterocycles. The highest BCUT2D eigenvalue weighted by Gasteiger charge is 2.31. The van der Waals surface area contributed by atoms with Gasteiger partial charge in [-0.3, -0.25) is 5.41 Å². The molecule has 1 rings (SSSR count). The molecule has 0 saturated heterocycles. The van der Waals surface area contributed by atoms with Crippen LogP contribution in [-0.2, 0) is 0 Å². The molecule has 0 saturated carbocycles. The Balaban J connectivity index is 0.00000441. The number of anilines is 1. The molecule has 0 unspecified atom stereocenters. The Morgan fingerprint density at radius 1 is 1.18 bits per heavy atom. The van der Waals surface area contributed by atoms with Crippen molar-refractivity contribution in [2.45, 2.75) is 6.36 Å². The van der Waals surface area contributed by atoms with Crippen LogP contribution in [0.1, 0.15) is 0 Å². The van der Waals surface area contributed by atoms with Crippen LogP contribution in [0.3, 0.4) is 0 Å². The van der Waals surface area contributed by atoms with Gasteiger partial charge < -0.3 is 20.3 Å². The second-order valence-electron chi connectivity index (χ2n) is 4.29. The number of hydrogen-bond acceptors (Lipinski definition) is 2. The predicted molar refractivity (Wildman–Crippen MR) is 81.8 cm³/mol. The van der Waals surface area contributed by atoms with Gasteiger partial charge in [-0.25, -0.2) is 0 Å². The van der Waals surface area contributed by atoms with Crippen molar-refractivity contribution in [3.8, 4) is 5.75 Å². The second kappa shape index (κ2) is 7.74. The van der Waals surface area contributed by atoms with E-state index in [0.29, 0.717) is 5.69 Å². The summed E-state index contributed by atoms with van der Waals surface area (Å²) in [6, 6.07) is 5.15. The molecule has 0 aliphatic heterocycles. The molecule has 0 aliphatic carbocycles. The molecule has 0 aliphatic rings. The third-order valence-corrected chi connectivity index (χ3v) is 2.45. The first-order valence-electron chi connectivity index (χ1n) is 5.79. The summed E-state index contributed by atoms with van der Waals surface area (Å²) in [5.74, 6) is -0.328. The molecule has 0 bridgehead atoms. The summed E-state index contributed by atoms with van der Waals surface area (Å²) in [6.07, 6.45) is -4.73. The van der Waals surface area contributed by atoms with Gasteiger partial charge in [-0.05, 0) is 24.3 Å². The minimum Gasteiger partial charge on any atom is -0.406 e. The Kier molecular flexibility index (Phi) is 6.98. The van der Waals surface area contributed by atoms with E-state index in [0.717, 1.165) is 0 Å². The molecule has 1 aromatic carbocycles. The third kappa shape index (κ3) is 6.08. The molecule has 0 amide bonds. The smallest absolute Gasteiger partial charge is 0.406 e. The molecule has 0 atom stereocenters. The van der Waals surface area contributed by atoms with E-state index in [9.17, 15) is 13.2 Å². The van der Waals surface area contributed by atoms with Gasteiger partial charge in [-0.2, -0.15) is 4.99 Å². The summed E-state index contributed by atoms with van der Waals surface area (Å²) in [5.41, 5.74) is 6.24. The van der Waals surface area contributed by atoms with Crippen molar-refractivity contribution in [1.82, 2.24) is 4.90 Å². The summed E-state index contributed by atoms with van der Waals surface area (Å²) in [7, 11) is 4.87. The number of guanidine groups is 2. The Hall–Kier alpha value is -2.16. The quantitative estimate of drug-likeness (QED) is 0.640. The summed E-state index contributed by atoms with van der Waals surface area (Å²) < 4.78 is 39.9. The Bertz CT molecular complexity index is 531. The van der Waals surface area contributed by atoms with E-state index in [1.807, 2.05) is 0 Å².